The summed E-state index contributed by atoms with van der Waals surface area (Å²) in [5, 5.41) is 0. The highest BCUT2D eigenvalue weighted by molar-refractivity contribution is 7.82. The first-order chi connectivity index (χ1) is 5.58. The Hall–Kier alpha value is -1.27. The molecule has 0 aromatic heterocycles. The molecule has 13 heavy (non-hydrogen) atoms. The number of para-hydroxylation sites is 1. The zero-order chi connectivity index (χ0) is 8.77. The highest BCUT2D eigenvalue weighted by Gasteiger charge is 2.29. The molecule has 0 amide bonds. The molecule has 2 rings (SSSR count). The zero-order valence-corrected chi connectivity index (χ0v) is 7.59. The van der Waals surface area contributed by atoms with Gasteiger partial charge in [0.2, 0.25) is 0 Å². The zero-order valence-electron chi connectivity index (χ0n) is 6.77. The van der Waals surface area contributed by atoms with Gasteiger partial charge in [0.25, 0.3) is 0 Å². The van der Waals surface area contributed by atoms with Crippen LogP contribution in [0.25, 0.3) is 0 Å². The molecule has 1 aliphatic heterocycles. The molecule has 5 nitrogen and oxygen atoms in total. The minimum Gasteiger partial charge on any atom is -0.412 e. The van der Waals surface area contributed by atoms with Crippen LogP contribution in [0.2, 0.25) is 0 Å². The highest BCUT2D eigenvalue weighted by Crippen LogP contribution is 2.37. The van der Waals surface area contributed by atoms with Crippen molar-refractivity contribution in [3.8, 4) is 11.5 Å². The van der Waals surface area contributed by atoms with Crippen molar-refractivity contribution in [2.75, 3.05) is 0 Å². The SMILES string of the molecule is Cc1cccc2c1OS(=O)(=O)O2.O. The van der Waals surface area contributed by atoms with Crippen molar-refractivity contribution in [2.45, 2.75) is 6.92 Å². The van der Waals surface area contributed by atoms with Crippen LogP contribution >= 0.6 is 0 Å². The van der Waals surface area contributed by atoms with Gasteiger partial charge in [-0.2, -0.15) is 0 Å². The van der Waals surface area contributed by atoms with Gasteiger partial charge < -0.3 is 13.8 Å². The van der Waals surface area contributed by atoms with Gasteiger partial charge in [0.15, 0.2) is 11.5 Å². The molecule has 0 radical (unpaired) electrons. The second-order valence-electron chi connectivity index (χ2n) is 2.48. The minimum absolute atomic E-state index is 0. The maximum Gasteiger partial charge on any atom is 0.501 e. The van der Waals surface area contributed by atoms with E-state index in [0.717, 1.165) is 5.56 Å². The number of hydrogen-bond acceptors (Lipinski definition) is 4. The third-order valence-corrected chi connectivity index (χ3v) is 2.31. The lowest BCUT2D eigenvalue weighted by Gasteiger charge is -1.94. The van der Waals surface area contributed by atoms with E-state index in [0.29, 0.717) is 0 Å². The van der Waals surface area contributed by atoms with Crippen molar-refractivity contribution in [2.24, 2.45) is 0 Å². The largest absolute Gasteiger partial charge is 0.501 e. The summed E-state index contributed by atoms with van der Waals surface area (Å²) in [7, 11) is -3.83. The number of benzene rings is 1. The van der Waals surface area contributed by atoms with Crippen molar-refractivity contribution in [1.82, 2.24) is 0 Å². The number of fused-ring (bicyclic) bond motifs is 1. The van der Waals surface area contributed by atoms with Gasteiger partial charge in [-0.15, -0.1) is 8.42 Å². The Morgan fingerprint density at radius 2 is 1.92 bits per heavy atom. The smallest absolute Gasteiger partial charge is 0.412 e. The van der Waals surface area contributed by atoms with Crippen LogP contribution in [-0.4, -0.2) is 13.9 Å². The Bertz CT molecular complexity index is 423. The van der Waals surface area contributed by atoms with Crippen molar-refractivity contribution < 1.29 is 22.3 Å². The van der Waals surface area contributed by atoms with Gasteiger partial charge in [-0.1, -0.05) is 12.1 Å². The molecule has 1 aromatic rings. The molecule has 1 aromatic carbocycles. The van der Waals surface area contributed by atoms with E-state index in [1.807, 2.05) is 0 Å². The van der Waals surface area contributed by atoms with Crippen LogP contribution in [0.5, 0.6) is 11.5 Å². The van der Waals surface area contributed by atoms with Crippen LogP contribution in [0, 0.1) is 6.92 Å². The molecular weight excluding hydrogens is 196 g/mol. The second kappa shape index (κ2) is 2.90. The van der Waals surface area contributed by atoms with Crippen molar-refractivity contribution >= 4 is 10.4 Å². The topological polar surface area (TPSA) is 84.1 Å². The van der Waals surface area contributed by atoms with Crippen molar-refractivity contribution in [3.63, 3.8) is 0 Å². The summed E-state index contributed by atoms with van der Waals surface area (Å²) in [6.07, 6.45) is 0. The Labute approximate surface area is 75.5 Å². The van der Waals surface area contributed by atoms with E-state index in [1.54, 1.807) is 25.1 Å². The summed E-state index contributed by atoms with van der Waals surface area (Å²) in [4.78, 5) is 0. The number of rotatable bonds is 0. The summed E-state index contributed by atoms with van der Waals surface area (Å²) in [6.45, 7) is 1.75. The average Bonchev–Trinajstić information content (AvgIpc) is 2.25. The summed E-state index contributed by atoms with van der Waals surface area (Å²) in [6, 6.07) is 5.01. The lowest BCUT2D eigenvalue weighted by Crippen LogP contribution is -2.08. The van der Waals surface area contributed by atoms with Crippen LogP contribution in [0.1, 0.15) is 5.56 Å². The summed E-state index contributed by atoms with van der Waals surface area (Å²) >= 11 is 0. The average molecular weight is 204 g/mol. The first-order valence-electron chi connectivity index (χ1n) is 3.32. The van der Waals surface area contributed by atoms with Gasteiger partial charge in [0, 0.05) is 0 Å². The standard InChI is InChI=1S/C7H6O4S.H2O/c1-5-3-2-4-6-7(5)11-12(8,9)10-6;/h2-4H,1H3;1H2. The van der Waals surface area contributed by atoms with Crippen molar-refractivity contribution in [1.29, 1.82) is 0 Å². The lowest BCUT2D eigenvalue weighted by molar-refractivity contribution is 0.436. The maximum atomic E-state index is 10.8. The highest BCUT2D eigenvalue weighted by atomic mass is 32.3. The van der Waals surface area contributed by atoms with Crippen LogP contribution in [0.15, 0.2) is 18.2 Å². The third kappa shape index (κ3) is 1.58. The molecule has 0 saturated carbocycles. The lowest BCUT2D eigenvalue weighted by atomic mass is 10.2. The van der Waals surface area contributed by atoms with E-state index >= 15 is 0 Å². The van der Waals surface area contributed by atoms with Gasteiger partial charge in [-0.25, -0.2) is 0 Å². The van der Waals surface area contributed by atoms with Crippen LogP contribution in [0.4, 0.5) is 0 Å². The Balaban J connectivity index is 0.000000845. The summed E-state index contributed by atoms with van der Waals surface area (Å²) < 4.78 is 30.7. The van der Waals surface area contributed by atoms with E-state index in [-0.39, 0.29) is 17.0 Å². The molecular formula is C7H8O5S. The molecule has 0 saturated heterocycles. The van der Waals surface area contributed by atoms with Crippen LogP contribution in [-0.2, 0) is 10.4 Å². The molecule has 1 heterocycles. The molecule has 0 atom stereocenters. The molecule has 0 aliphatic carbocycles. The van der Waals surface area contributed by atoms with Crippen LogP contribution in [0.3, 0.4) is 0 Å². The fourth-order valence-corrected chi connectivity index (χ4v) is 1.83. The van der Waals surface area contributed by atoms with Gasteiger partial charge in [0.1, 0.15) is 0 Å². The quantitative estimate of drug-likeness (QED) is 0.603. The molecule has 72 valence electrons. The first-order valence-corrected chi connectivity index (χ1v) is 4.65. The van der Waals surface area contributed by atoms with E-state index in [4.69, 9.17) is 0 Å². The van der Waals surface area contributed by atoms with Crippen molar-refractivity contribution in [3.05, 3.63) is 23.8 Å². The minimum atomic E-state index is -3.83. The second-order valence-corrected chi connectivity index (χ2v) is 3.63. The summed E-state index contributed by atoms with van der Waals surface area (Å²) in [5.41, 5.74) is 0.744. The van der Waals surface area contributed by atoms with Gasteiger partial charge in [0.05, 0.1) is 0 Å². The fourth-order valence-electron chi connectivity index (χ4n) is 1.03. The van der Waals surface area contributed by atoms with E-state index in [2.05, 4.69) is 8.37 Å². The van der Waals surface area contributed by atoms with Gasteiger partial charge in [-0.05, 0) is 18.6 Å². The van der Waals surface area contributed by atoms with Gasteiger partial charge >= 0.3 is 10.4 Å². The maximum absolute atomic E-state index is 10.8. The Morgan fingerprint density at radius 1 is 1.23 bits per heavy atom. The normalized spacial score (nSPS) is 16.4. The first kappa shape index (κ1) is 9.82. The molecule has 2 N–H and O–H groups in total. The third-order valence-electron chi connectivity index (χ3n) is 1.55. The molecule has 0 fully saturated rings. The molecule has 1 aliphatic rings. The predicted molar refractivity (Wildman–Crippen MR) is 45.0 cm³/mol. The molecule has 6 heteroatoms. The van der Waals surface area contributed by atoms with E-state index in [1.165, 1.54) is 0 Å². The summed E-state index contributed by atoms with van der Waals surface area (Å²) in [5.74, 6) is 0.549. The monoisotopic (exact) mass is 204 g/mol. The Kier molecular flexibility index (Phi) is 2.19. The molecule has 0 bridgehead atoms. The number of hydrogen-bond donors (Lipinski definition) is 0. The number of aryl methyl sites for hydroxylation is 1. The van der Waals surface area contributed by atoms with E-state index < -0.39 is 10.4 Å². The van der Waals surface area contributed by atoms with E-state index in [9.17, 15) is 8.42 Å². The molecule has 0 spiro atoms. The van der Waals surface area contributed by atoms with Gasteiger partial charge in [-0.3, -0.25) is 0 Å². The van der Waals surface area contributed by atoms with Crippen LogP contribution < -0.4 is 8.37 Å². The Morgan fingerprint density at radius 3 is 2.54 bits per heavy atom. The fraction of sp³-hybridized carbons (Fsp3) is 0.143. The molecule has 0 unspecified atom stereocenters. The predicted octanol–water partition coefficient (Wildman–Crippen LogP) is 0.186.